The number of alkyl halides is 2. The number of hydrogen-bond donors (Lipinski definition) is 1. The highest BCUT2D eigenvalue weighted by molar-refractivity contribution is 7.89. The molecule has 1 aromatic rings. The lowest BCUT2D eigenvalue weighted by atomic mass is 10.1. The van der Waals surface area contributed by atoms with Crippen molar-refractivity contribution < 1.29 is 17.2 Å². The van der Waals surface area contributed by atoms with E-state index in [1.807, 2.05) is 0 Å². The third-order valence-electron chi connectivity index (χ3n) is 2.41. The molecule has 0 amide bonds. The van der Waals surface area contributed by atoms with Gasteiger partial charge in [0.25, 0.3) is 5.92 Å². The van der Waals surface area contributed by atoms with Crippen molar-refractivity contribution in [2.24, 2.45) is 5.14 Å². The van der Waals surface area contributed by atoms with Gasteiger partial charge in [-0.25, -0.2) is 22.3 Å². The first-order valence-electron chi connectivity index (χ1n) is 4.31. The van der Waals surface area contributed by atoms with Crippen LogP contribution in [0, 0.1) is 0 Å². The lowest BCUT2D eigenvalue weighted by Gasteiger charge is -2.02. The highest BCUT2D eigenvalue weighted by Gasteiger charge is 2.57. The Labute approximate surface area is 86.0 Å². The lowest BCUT2D eigenvalue weighted by Crippen LogP contribution is -2.12. The van der Waals surface area contributed by atoms with Gasteiger partial charge < -0.3 is 0 Å². The molecule has 15 heavy (non-hydrogen) atoms. The van der Waals surface area contributed by atoms with E-state index in [-0.39, 0.29) is 11.3 Å². The van der Waals surface area contributed by atoms with Crippen LogP contribution < -0.4 is 5.14 Å². The largest absolute Gasteiger partial charge is 0.255 e. The summed E-state index contributed by atoms with van der Waals surface area (Å²) in [5, 5.41) is 4.90. The first-order valence-corrected chi connectivity index (χ1v) is 5.86. The van der Waals surface area contributed by atoms with Crippen LogP contribution in [-0.4, -0.2) is 14.3 Å². The first kappa shape index (κ1) is 10.5. The van der Waals surface area contributed by atoms with Gasteiger partial charge in [0.15, 0.2) is 0 Å². The zero-order valence-electron chi connectivity index (χ0n) is 7.65. The van der Waals surface area contributed by atoms with Gasteiger partial charge in [-0.3, -0.25) is 0 Å². The van der Waals surface area contributed by atoms with E-state index in [4.69, 9.17) is 5.14 Å². The molecule has 1 saturated carbocycles. The van der Waals surface area contributed by atoms with Crippen LogP contribution in [0.15, 0.2) is 29.2 Å². The second-order valence-electron chi connectivity index (χ2n) is 3.64. The summed E-state index contributed by atoms with van der Waals surface area (Å²) in [6.45, 7) is 0. The highest BCUT2D eigenvalue weighted by Crippen LogP contribution is 2.55. The Morgan fingerprint density at radius 2 is 2.00 bits per heavy atom. The van der Waals surface area contributed by atoms with E-state index >= 15 is 0 Å². The van der Waals surface area contributed by atoms with Crippen molar-refractivity contribution >= 4 is 10.0 Å². The average Bonchev–Trinajstić information content (AvgIpc) is 2.74. The number of halogens is 2. The van der Waals surface area contributed by atoms with E-state index in [2.05, 4.69) is 0 Å². The second-order valence-corrected chi connectivity index (χ2v) is 5.20. The monoisotopic (exact) mass is 233 g/mol. The number of benzene rings is 1. The SMILES string of the molecule is NS(=O)(=O)c1cccc(C2CC2(F)F)c1. The molecule has 0 aromatic heterocycles. The van der Waals surface area contributed by atoms with Crippen LogP contribution in [0.4, 0.5) is 8.78 Å². The Bertz CT molecular complexity index is 499. The molecule has 82 valence electrons. The van der Waals surface area contributed by atoms with Gasteiger partial charge in [0.2, 0.25) is 10.0 Å². The minimum absolute atomic E-state index is 0.122. The molecule has 0 aliphatic heterocycles. The summed E-state index contributed by atoms with van der Waals surface area (Å²) in [5.41, 5.74) is 0.325. The van der Waals surface area contributed by atoms with Crippen LogP contribution in [0.25, 0.3) is 0 Å². The Hall–Kier alpha value is -1.01. The highest BCUT2D eigenvalue weighted by atomic mass is 32.2. The average molecular weight is 233 g/mol. The third kappa shape index (κ3) is 2.00. The normalized spacial score (nSPS) is 23.8. The van der Waals surface area contributed by atoms with Crippen molar-refractivity contribution in [3.8, 4) is 0 Å². The summed E-state index contributed by atoms with van der Waals surface area (Å²) < 4.78 is 47.4. The number of rotatable bonds is 2. The molecule has 1 fully saturated rings. The molecule has 0 radical (unpaired) electrons. The van der Waals surface area contributed by atoms with Crippen LogP contribution in [-0.2, 0) is 10.0 Å². The van der Waals surface area contributed by atoms with E-state index in [1.165, 1.54) is 24.3 Å². The molecule has 3 nitrogen and oxygen atoms in total. The zero-order valence-corrected chi connectivity index (χ0v) is 8.47. The predicted molar refractivity (Wildman–Crippen MR) is 50.1 cm³/mol. The van der Waals surface area contributed by atoms with Crippen LogP contribution in [0.3, 0.4) is 0 Å². The fourth-order valence-corrected chi connectivity index (χ4v) is 2.05. The summed E-state index contributed by atoms with van der Waals surface area (Å²) in [6, 6.07) is 5.41. The van der Waals surface area contributed by atoms with E-state index in [0.717, 1.165) is 0 Å². The Morgan fingerprint density at radius 3 is 2.47 bits per heavy atom. The number of hydrogen-bond acceptors (Lipinski definition) is 2. The van der Waals surface area contributed by atoms with Gasteiger partial charge in [-0.05, 0) is 17.7 Å². The number of sulfonamides is 1. The molecular formula is C9H9F2NO2S. The molecule has 2 N–H and O–H groups in total. The minimum atomic E-state index is -3.81. The van der Waals surface area contributed by atoms with E-state index in [0.29, 0.717) is 5.56 Å². The number of nitrogens with two attached hydrogens (primary N) is 1. The van der Waals surface area contributed by atoms with Crippen molar-refractivity contribution in [1.29, 1.82) is 0 Å². The van der Waals surface area contributed by atoms with Crippen LogP contribution >= 0.6 is 0 Å². The van der Waals surface area contributed by atoms with Crippen molar-refractivity contribution in [2.45, 2.75) is 23.2 Å². The molecule has 0 spiro atoms. The number of primary sulfonamides is 1. The first-order chi connectivity index (χ1) is 6.81. The molecular weight excluding hydrogens is 224 g/mol. The summed E-state index contributed by atoms with van der Waals surface area (Å²) >= 11 is 0. The van der Waals surface area contributed by atoms with Crippen LogP contribution in [0.5, 0.6) is 0 Å². The van der Waals surface area contributed by atoms with Gasteiger partial charge in [-0.15, -0.1) is 0 Å². The van der Waals surface area contributed by atoms with Crippen molar-refractivity contribution in [3.63, 3.8) is 0 Å². The van der Waals surface area contributed by atoms with Gasteiger partial charge in [0.05, 0.1) is 10.8 Å². The molecule has 1 atom stereocenters. The molecule has 1 aliphatic carbocycles. The maximum absolute atomic E-state index is 12.7. The Balaban J connectivity index is 2.37. The van der Waals surface area contributed by atoms with Gasteiger partial charge in [-0.1, -0.05) is 12.1 Å². The summed E-state index contributed by atoms with van der Waals surface area (Å²) in [5.74, 6) is -3.56. The molecule has 0 heterocycles. The maximum atomic E-state index is 12.7. The Kier molecular flexibility index (Phi) is 2.09. The van der Waals surface area contributed by atoms with Gasteiger partial charge in [0.1, 0.15) is 0 Å². The van der Waals surface area contributed by atoms with Crippen molar-refractivity contribution in [1.82, 2.24) is 0 Å². The quantitative estimate of drug-likeness (QED) is 0.840. The third-order valence-corrected chi connectivity index (χ3v) is 3.33. The maximum Gasteiger partial charge on any atom is 0.255 e. The molecule has 1 unspecified atom stereocenters. The predicted octanol–water partition coefficient (Wildman–Crippen LogP) is 1.46. The van der Waals surface area contributed by atoms with Crippen LogP contribution in [0.1, 0.15) is 17.9 Å². The van der Waals surface area contributed by atoms with Gasteiger partial charge in [0, 0.05) is 6.42 Å². The van der Waals surface area contributed by atoms with Crippen molar-refractivity contribution in [3.05, 3.63) is 29.8 Å². The minimum Gasteiger partial charge on any atom is -0.225 e. The molecule has 1 aromatic carbocycles. The zero-order chi connectivity index (χ0) is 11.3. The van der Waals surface area contributed by atoms with E-state index in [1.54, 1.807) is 0 Å². The van der Waals surface area contributed by atoms with E-state index < -0.39 is 21.9 Å². The fraction of sp³-hybridized carbons (Fsp3) is 0.333. The smallest absolute Gasteiger partial charge is 0.225 e. The Morgan fingerprint density at radius 1 is 1.40 bits per heavy atom. The summed E-state index contributed by atoms with van der Waals surface area (Å²) in [6.07, 6.45) is -0.221. The molecule has 0 saturated heterocycles. The molecule has 0 bridgehead atoms. The lowest BCUT2D eigenvalue weighted by molar-refractivity contribution is 0.112. The topological polar surface area (TPSA) is 60.2 Å². The summed E-state index contributed by atoms with van der Waals surface area (Å²) in [4.78, 5) is -0.122. The molecule has 6 heteroatoms. The fourth-order valence-electron chi connectivity index (χ4n) is 1.48. The summed E-state index contributed by atoms with van der Waals surface area (Å²) in [7, 11) is -3.81. The van der Waals surface area contributed by atoms with Crippen molar-refractivity contribution in [2.75, 3.05) is 0 Å². The standard InChI is InChI=1S/C9H9F2NO2S/c10-9(11)5-8(9)6-2-1-3-7(4-6)15(12,13)14/h1-4,8H,5H2,(H2,12,13,14). The van der Waals surface area contributed by atoms with Crippen LogP contribution in [0.2, 0.25) is 0 Å². The van der Waals surface area contributed by atoms with E-state index in [9.17, 15) is 17.2 Å². The molecule has 1 aliphatic rings. The molecule has 2 rings (SSSR count). The second kappa shape index (κ2) is 2.99. The van der Waals surface area contributed by atoms with Gasteiger partial charge in [-0.2, -0.15) is 0 Å². The van der Waals surface area contributed by atoms with Gasteiger partial charge >= 0.3 is 0 Å².